The fourth-order valence-electron chi connectivity index (χ4n) is 3.96. The van der Waals surface area contributed by atoms with Crippen LogP contribution in [0.3, 0.4) is 0 Å². The first-order valence-corrected chi connectivity index (χ1v) is 8.25. The van der Waals surface area contributed by atoms with Crippen LogP contribution in [0.15, 0.2) is 24.4 Å². The Hall–Kier alpha value is -0.930. The molecule has 2 fully saturated rings. The number of nitrogens with zero attached hydrogens (tertiary/aromatic N) is 1. The van der Waals surface area contributed by atoms with Crippen molar-refractivity contribution in [3.8, 4) is 0 Å². The molecule has 3 heteroatoms. The highest BCUT2D eigenvalue weighted by Gasteiger charge is 2.34. The molecule has 4 atom stereocenters. The minimum Gasteiger partial charge on any atom is -0.314 e. The van der Waals surface area contributed by atoms with E-state index in [9.17, 15) is 0 Å². The molecule has 3 unspecified atom stereocenters. The summed E-state index contributed by atoms with van der Waals surface area (Å²) >= 11 is 0. The number of aromatic nitrogens is 1. The summed E-state index contributed by atoms with van der Waals surface area (Å²) in [4.78, 5) is 4.48. The number of hydrogen-bond acceptors (Lipinski definition) is 3. The van der Waals surface area contributed by atoms with Gasteiger partial charge in [0.05, 0.1) is 5.69 Å². The quantitative estimate of drug-likeness (QED) is 0.885. The van der Waals surface area contributed by atoms with E-state index in [1.54, 1.807) is 0 Å². The van der Waals surface area contributed by atoms with Crippen molar-refractivity contribution in [2.24, 2.45) is 5.92 Å². The fourth-order valence-corrected chi connectivity index (χ4v) is 3.96. The maximum atomic E-state index is 4.48. The van der Waals surface area contributed by atoms with Gasteiger partial charge in [0, 0.05) is 24.3 Å². The number of hydrogen-bond donors (Lipinski definition) is 2. The SMILES string of the molecule is C[C@H](NC1CCCC1C1CCCCN1)c1ccccn1. The van der Waals surface area contributed by atoms with E-state index in [-0.39, 0.29) is 0 Å². The second kappa shape index (κ2) is 6.68. The third kappa shape index (κ3) is 3.21. The number of nitrogens with one attached hydrogen (secondary N) is 2. The van der Waals surface area contributed by atoms with Crippen LogP contribution in [0, 0.1) is 5.92 Å². The van der Waals surface area contributed by atoms with E-state index >= 15 is 0 Å². The molecule has 0 spiro atoms. The lowest BCUT2D eigenvalue weighted by atomic mass is 9.88. The van der Waals surface area contributed by atoms with Crippen molar-refractivity contribution in [2.75, 3.05) is 6.54 Å². The molecule has 0 radical (unpaired) electrons. The fraction of sp³-hybridized carbons (Fsp3) is 0.706. The predicted octanol–water partition coefficient (Wildman–Crippen LogP) is 3.04. The van der Waals surface area contributed by atoms with Crippen LogP contribution in [0.2, 0.25) is 0 Å². The number of rotatable bonds is 4. The summed E-state index contributed by atoms with van der Waals surface area (Å²) in [6.45, 7) is 3.45. The van der Waals surface area contributed by atoms with Crippen molar-refractivity contribution >= 4 is 0 Å². The van der Waals surface area contributed by atoms with Gasteiger partial charge in [0.2, 0.25) is 0 Å². The summed E-state index contributed by atoms with van der Waals surface area (Å²) in [7, 11) is 0. The molecule has 1 aromatic rings. The van der Waals surface area contributed by atoms with Crippen molar-refractivity contribution in [1.29, 1.82) is 0 Å². The minimum atomic E-state index is 0.352. The molecule has 1 saturated heterocycles. The Kier molecular flexibility index (Phi) is 4.69. The lowest BCUT2D eigenvalue weighted by molar-refractivity contribution is 0.248. The van der Waals surface area contributed by atoms with Crippen molar-refractivity contribution in [2.45, 2.75) is 63.6 Å². The summed E-state index contributed by atoms with van der Waals surface area (Å²) in [5.41, 5.74) is 1.16. The monoisotopic (exact) mass is 273 g/mol. The highest BCUT2D eigenvalue weighted by molar-refractivity contribution is 5.08. The van der Waals surface area contributed by atoms with Crippen LogP contribution in [0.5, 0.6) is 0 Å². The zero-order valence-corrected chi connectivity index (χ0v) is 12.5. The van der Waals surface area contributed by atoms with E-state index in [4.69, 9.17) is 0 Å². The van der Waals surface area contributed by atoms with Gasteiger partial charge in [0.25, 0.3) is 0 Å². The molecule has 3 rings (SSSR count). The highest BCUT2D eigenvalue weighted by atomic mass is 15.0. The van der Waals surface area contributed by atoms with E-state index in [2.05, 4.69) is 34.7 Å². The highest BCUT2D eigenvalue weighted by Crippen LogP contribution is 2.33. The molecule has 1 aliphatic carbocycles. The molecule has 2 N–H and O–H groups in total. The van der Waals surface area contributed by atoms with Crippen LogP contribution in [0.4, 0.5) is 0 Å². The minimum absolute atomic E-state index is 0.352. The lowest BCUT2D eigenvalue weighted by Gasteiger charge is -2.34. The molecule has 0 aromatic carbocycles. The number of piperidine rings is 1. The largest absolute Gasteiger partial charge is 0.314 e. The second-order valence-corrected chi connectivity index (χ2v) is 6.40. The summed E-state index contributed by atoms with van der Waals surface area (Å²) in [5.74, 6) is 0.807. The zero-order chi connectivity index (χ0) is 13.8. The van der Waals surface area contributed by atoms with E-state index in [1.165, 1.54) is 45.1 Å². The Morgan fingerprint density at radius 2 is 2.15 bits per heavy atom. The first-order valence-electron chi connectivity index (χ1n) is 8.25. The smallest absolute Gasteiger partial charge is 0.0570 e. The average Bonchev–Trinajstić information content (AvgIpc) is 2.97. The Morgan fingerprint density at radius 1 is 1.20 bits per heavy atom. The van der Waals surface area contributed by atoms with Gasteiger partial charge in [-0.05, 0) is 57.2 Å². The standard InChI is InChI=1S/C17H27N3/c1-13(15-8-2-4-11-18-15)20-17-10-6-7-14(17)16-9-3-5-12-19-16/h2,4,8,11,13-14,16-17,19-20H,3,5-7,9-10,12H2,1H3/t13-,14?,16?,17?/m0/s1. The molecule has 1 aliphatic heterocycles. The van der Waals surface area contributed by atoms with Crippen molar-refractivity contribution in [3.05, 3.63) is 30.1 Å². The Labute approximate surface area is 122 Å². The molecule has 110 valence electrons. The first-order chi connectivity index (χ1) is 9.84. The predicted molar refractivity (Wildman–Crippen MR) is 82.6 cm³/mol. The van der Waals surface area contributed by atoms with Gasteiger partial charge in [-0.1, -0.05) is 18.9 Å². The van der Waals surface area contributed by atoms with Crippen molar-refractivity contribution < 1.29 is 0 Å². The number of pyridine rings is 1. The molecule has 1 aromatic heterocycles. The second-order valence-electron chi connectivity index (χ2n) is 6.40. The molecule has 2 aliphatic rings. The zero-order valence-electron chi connectivity index (χ0n) is 12.5. The average molecular weight is 273 g/mol. The van der Waals surface area contributed by atoms with Gasteiger partial charge in [-0.25, -0.2) is 0 Å². The molecular formula is C17H27N3. The summed E-state index contributed by atoms with van der Waals surface area (Å²) in [5, 5.41) is 7.59. The van der Waals surface area contributed by atoms with Crippen LogP contribution in [0.25, 0.3) is 0 Å². The van der Waals surface area contributed by atoms with Crippen LogP contribution < -0.4 is 10.6 Å². The van der Waals surface area contributed by atoms with Gasteiger partial charge < -0.3 is 10.6 Å². The van der Waals surface area contributed by atoms with Crippen LogP contribution in [-0.4, -0.2) is 23.6 Å². The van der Waals surface area contributed by atoms with E-state index in [0.717, 1.165) is 17.7 Å². The van der Waals surface area contributed by atoms with Crippen LogP contribution in [-0.2, 0) is 0 Å². The van der Waals surface area contributed by atoms with E-state index < -0.39 is 0 Å². The normalized spacial score (nSPS) is 32.1. The summed E-state index contributed by atoms with van der Waals surface area (Å²) in [6, 6.07) is 7.93. The third-order valence-corrected chi connectivity index (χ3v) is 5.03. The van der Waals surface area contributed by atoms with Crippen molar-refractivity contribution in [3.63, 3.8) is 0 Å². The lowest BCUT2D eigenvalue weighted by Crippen LogP contribution is -2.47. The van der Waals surface area contributed by atoms with Gasteiger partial charge >= 0.3 is 0 Å². The molecule has 0 bridgehead atoms. The van der Waals surface area contributed by atoms with Gasteiger partial charge in [-0.3, -0.25) is 4.98 Å². The third-order valence-electron chi connectivity index (χ3n) is 5.03. The topological polar surface area (TPSA) is 37.0 Å². The van der Waals surface area contributed by atoms with Crippen LogP contribution in [0.1, 0.15) is 57.2 Å². The van der Waals surface area contributed by atoms with Gasteiger partial charge in [0.1, 0.15) is 0 Å². The van der Waals surface area contributed by atoms with Gasteiger partial charge in [-0.15, -0.1) is 0 Å². The van der Waals surface area contributed by atoms with Gasteiger partial charge in [0.15, 0.2) is 0 Å². The van der Waals surface area contributed by atoms with Gasteiger partial charge in [-0.2, -0.15) is 0 Å². The Balaban J connectivity index is 1.61. The van der Waals surface area contributed by atoms with Crippen molar-refractivity contribution in [1.82, 2.24) is 15.6 Å². The molecular weight excluding hydrogens is 246 g/mol. The Morgan fingerprint density at radius 3 is 2.90 bits per heavy atom. The first kappa shape index (κ1) is 14.0. The molecule has 1 saturated carbocycles. The molecule has 0 amide bonds. The summed E-state index contributed by atoms with van der Waals surface area (Å²) in [6.07, 6.45) is 10.1. The molecule has 20 heavy (non-hydrogen) atoms. The Bertz CT molecular complexity index is 400. The maximum absolute atomic E-state index is 4.48. The van der Waals surface area contributed by atoms with Crippen LogP contribution >= 0.6 is 0 Å². The molecule has 2 heterocycles. The van der Waals surface area contributed by atoms with E-state index in [0.29, 0.717) is 12.1 Å². The summed E-state index contributed by atoms with van der Waals surface area (Å²) < 4.78 is 0. The maximum Gasteiger partial charge on any atom is 0.0570 e. The van der Waals surface area contributed by atoms with E-state index in [1.807, 2.05) is 12.3 Å². The molecule has 3 nitrogen and oxygen atoms in total.